The molecule has 1 aromatic rings. The van der Waals surface area contributed by atoms with Crippen LogP contribution >= 0.6 is 0 Å². The van der Waals surface area contributed by atoms with Gasteiger partial charge in [-0.2, -0.15) is 5.26 Å². The van der Waals surface area contributed by atoms with Gasteiger partial charge in [0.1, 0.15) is 0 Å². The van der Waals surface area contributed by atoms with Crippen LogP contribution in [0.1, 0.15) is 11.1 Å². The Balaban J connectivity index is 2.66. The van der Waals surface area contributed by atoms with Gasteiger partial charge in [0.05, 0.1) is 18.7 Å². The van der Waals surface area contributed by atoms with Crippen molar-refractivity contribution in [2.75, 3.05) is 7.11 Å². The highest BCUT2D eigenvalue weighted by atomic mass is 16.5. The van der Waals surface area contributed by atoms with E-state index in [9.17, 15) is 9.90 Å². The Bertz CT molecular complexity index is 378. The van der Waals surface area contributed by atoms with E-state index < -0.39 is 12.1 Å². The summed E-state index contributed by atoms with van der Waals surface area (Å²) >= 11 is 0. The average molecular weight is 205 g/mol. The summed E-state index contributed by atoms with van der Waals surface area (Å²) in [5, 5.41) is 17.9. The normalized spacial score (nSPS) is 11.5. The van der Waals surface area contributed by atoms with Gasteiger partial charge in [0.25, 0.3) is 0 Å². The molecule has 1 unspecified atom stereocenters. The molecule has 0 bridgehead atoms. The van der Waals surface area contributed by atoms with E-state index in [0.29, 0.717) is 5.56 Å². The molecule has 0 radical (unpaired) electrons. The molecule has 0 aliphatic heterocycles. The number of hydrogen-bond donors (Lipinski definition) is 1. The minimum absolute atomic E-state index is 0.193. The summed E-state index contributed by atoms with van der Waals surface area (Å²) in [4.78, 5) is 10.9. The molecule has 0 fully saturated rings. The van der Waals surface area contributed by atoms with Crippen LogP contribution in [0.4, 0.5) is 0 Å². The lowest BCUT2D eigenvalue weighted by Gasteiger charge is -2.07. The molecule has 15 heavy (non-hydrogen) atoms. The number of esters is 1. The fraction of sp³-hybridized carbons (Fsp3) is 0.273. The van der Waals surface area contributed by atoms with Gasteiger partial charge in [-0.05, 0) is 17.7 Å². The molecule has 1 rings (SSSR count). The molecule has 0 saturated carbocycles. The van der Waals surface area contributed by atoms with Crippen LogP contribution in [-0.2, 0) is 16.0 Å². The van der Waals surface area contributed by atoms with E-state index >= 15 is 0 Å². The summed E-state index contributed by atoms with van der Waals surface area (Å²) in [6, 6.07) is 8.66. The number of rotatable bonds is 3. The Morgan fingerprint density at radius 1 is 1.53 bits per heavy atom. The van der Waals surface area contributed by atoms with Gasteiger partial charge in [-0.25, -0.2) is 4.79 Å². The maximum Gasteiger partial charge on any atom is 0.335 e. The van der Waals surface area contributed by atoms with E-state index in [-0.39, 0.29) is 6.42 Å². The number of aliphatic hydroxyl groups is 1. The van der Waals surface area contributed by atoms with Crippen molar-refractivity contribution in [3.8, 4) is 6.07 Å². The Kier molecular flexibility index (Phi) is 3.83. The van der Waals surface area contributed by atoms with Gasteiger partial charge in [-0.3, -0.25) is 0 Å². The van der Waals surface area contributed by atoms with Crippen molar-refractivity contribution in [1.29, 1.82) is 5.26 Å². The number of hydrogen-bond acceptors (Lipinski definition) is 4. The smallest absolute Gasteiger partial charge is 0.335 e. The third-order valence-electron chi connectivity index (χ3n) is 1.99. The van der Waals surface area contributed by atoms with Crippen LogP contribution in [0.25, 0.3) is 0 Å². The molecular formula is C11H11NO3. The summed E-state index contributed by atoms with van der Waals surface area (Å²) in [6.07, 6.45) is -0.957. The molecule has 0 amide bonds. The van der Waals surface area contributed by atoms with Gasteiger partial charge in [0, 0.05) is 6.42 Å². The number of aliphatic hydroxyl groups excluding tert-OH is 1. The second-order valence-corrected chi connectivity index (χ2v) is 3.05. The maximum absolute atomic E-state index is 10.9. The van der Waals surface area contributed by atoms with E-state index in [1.165, 1.54) is 7.11 Å². The van der Waals surface area contributed by atoms with Crippen LogP contribution in [0.3, 0.4) is 0 Å². The molecule has 0 heterocycles. The van der Waals surface area contributed by atoms with Crippen LogP contribution in [0.15, 0.2) is 24.3 Å². The lowest BCUT2D eigenvalue weighted by molar-refractivity contribution is -0.150. The van der Waals surface area contributed by atoms with E-state index in [4.69, 9.17) is 5.26 Å². The van der Waals surface area contributed by atoms with Gasteiger partial charge in [0.15, 0.2) is 6.10 Å². The molecule has 0 aliphatic carbocycles. The van der Waals surface area contributed by atoms with Crippen LogP contribution in [0.5, 0.6) is 0 Å². The van der Waals surface area contributed by atoms with Gasteiger partial charge < -0.3 is 9.84 Å². The number of carbonyl (C=O) groups is 1. The molecular weight excluding hydrogens is 194 g/mol. The Morgan fingerprint density at radius 3 is 2.60 bits per heavy atom. The highest BCUT2D eigenvalue weighted by molar-refractivity contribution is 5.74. The van der Waals surface area contributed by atoms with Crippen molar-refractivity contribution < 1.29 is 14.6 Å². The summed E-state index contributed by atoms with van der Waals surface area (Å²) in [7, 11) is 1.23. The number of nitrogens with zero attached hydrogens (tertiary/aromatic N) is 1. The monoisotopic (exact) mass is 205 g/mol. The highest BCUT2D eigenvalue weighted by Gasteiger charge is 2.15. The zero-order valence-electron chi connectivity index (χ0n) is 8.30. The molecule has 1 atom stereocenters. The first kappa shape index (κ1) is 11.2. The van der Waals surface area contributed by atoms with Crippen LogP contribution in [-0.4, -0.2) is 24.3 Å². The third kappa shape index (κ3) is 3.08. The lowest BCUT2D eigenvalue weighted by Crippen LogP contribution is -2.24. The summed E-state index contributed by atoms with van der Waals surface area (Å²) in [5.41, 5.74) is 1.33. The van der Waals surface area contributed by atoms with Crippen LogP contribution in [0, 0.1) is 11.3 Å². The minimum Gasteiger partial charge on any atom is -0.467 e. The number of nitriles is 1. The molecule has 0 saturated heterocycles. The fourth-order valence-corrected chi connectivity index (χ4v) is 1.16. The molecule has 0 spiro atoms. The van der Waals surface area contributed by atoms with E-state index in [0.717, 1.165) is 5.56 Å². The van der Waals surface area contributed by atoms with E-state index in [2.05, 4.69) is 4.74 Å². The topological polar surface area (TPSA) is 70.3 Å². The molecule has 0 aromatic heterocycles. The van der Waals surface area contributed by atoms with Crippen LogP contribution in [0.2, 0.25) is 0 Å². The lowest BCUT2D eigenvalue weighted by atomic mass is 10.1. The van der Waals surface area contributed by atoms with Crippen LogP contribution < -0.4 is 0 Å². The number of carbonyl (C=O) groups excluding carboxylic acids is 1. The quantitative estimate of drug-likeness (QED) is 0.735. The first-order chi connectivity index (χ1) is 7.17. The SMILES string of the molecule is COC(=O)C(O)Cc1ccc(C#N)cc1. The Labute approximate surface area is 87.7 Å². The zero-order chi connectivity index (χ0) is 11.3. The molecule has 1 N–H and O–H groups in total. The van der Waals surface area contributed by atoms with E-state index in [1.807, 2.05) is 6.07 Å². The van der Waals surface area contributed by atoms with Crippen molar-refractivity contribution in [2.24, 2.45) is 0 Å². The third-order valence-corrected chi connectivity index (χ3v) is 1.99. The van der Waals surface area contributed by atoms with Crippen molar-refractivity contribution in [1.82, 2.24) is 0 Å². The van der Waals surface area contributed by atoms with Crippen molar-refractivity contribution in [3.63, 3.8) is 0 Å². The maximum atomic E-state index is 10.9. The predicted octanol–water partition coefficient (Wildman–Crippen LogP) is 0.635. The Hall–Kier alpha value is -1.86. The van der Waals surface area contributed by atoms with Gasteiger partial charge in [-0.1, -0.05) is 12.1 Å². The fourth-order valence-electron chi connectivity index (χ4n) is 1.16. The summed E-state index contributed by atoms with van der Waals surface area (Å²) in [6.45, 7) is 0. The van der Waals surface area contributed by atoms with Gasteiger partial charge in [-0.15, -0.1) is 0 Å². The second kappa shape index (κ2) is 5.13. The highest BCUT2D eigenvalue weighted by Crippen LogP contribution is 2.06. The van der Waals surface area contributed by atoms with Crippen molar-refractivity contribution >= 4 is 5.97 Å². The summed E-state index contributed by atoms with van der Waals surface area (Å²) < 4.78 is 4.39. The molecule has 1 aromatic carbocycles. The second-order valence-electron chi connectivity index (χ2n) is 3.05. The van der Waals surface area contributed by atoms with Gasteiger partial charge >= 0.3 is 5.97 Å². The zero-order valence-corrected chi connectivity index (χ0v) is 8.30. The van der Waals surface area contributed by atoms with Gasteiger partial charge in [0.2, 0.25) is 0 Å². The van der Waals surface area contributed by atoms with Crippen molar-refractivity contribution in [3.05, 3.63) is 35.4 Å². The molecule has 0 aliphatic rings. The first-order valence-corrected chi connectivity index (χ1v) is 4.42. The predicted molar refractivity (Wildman–Crippen MR) is 52.9 cm³/mol. The minimum atomic E-state index is -1.15. The molecule has 78 valence electrons. The van der Waals surface area contributed by atoms with Crippen molar-refractivity contribution in [2.45, 2.75) is 12.5 Å². The summed E-state index contributed by atoms with van der Waals surface area (Å²) in [5.74, 6) is -0.653. The Morgan fingerprint density at radius 2 is 2.13 bits per heavy atom. The molecule has 4 nitrogen and oxygen atoms in total. The average Bonchev–Trinajstić information content (AvgIpc) is 2.29. The van der Waals surface area contributed by atoms with E-state index in [1.54, 1.807) is 24.3 Å². The molecule has 4 heteroatoms. The number of ether oxygens (including phenoxy) is 1. The first-order valence-electron chi connectivity index (χ1n) is 4.42. The standard InChI is InChI=1S/C11H11NO3/c1-15-11(14)10(13)6-8-2-4-9(7-12)5-3-8/h2-5,10,13H,6H2,1H3. The largest absolute Gasteiger partial charge is 0.467 e. The number of methoxy groups -OCH3 is 1. The number of benzene rings is 1.